The van der Waals surface area contributed by atoms with Gasteiger partial charge in [0.2, 0.25) is 5.91 Å². The fourth-order valence-electron chi connectivity index (χ4n) is 2.88. The van der Waals surface area contributed by atoms with Gasteiger partial charge in [0.1, 0.15) is 0 Å². The van der Waals surface area contributed by atoms with E-state index in [0.717, 1.165) is 42.6 Å². The molecule has 1 unspecified atom stereocenters. The minimum absolute atomic E-state index is 0. The van der Waals surface area contributed by atoms with E-state index in [1.807, 2.05) is 25.1 Å². The maximum absolute atomic E-state index is 12.2. The van der Waals surface area contributed by atoms with E-state index in [4.69, 9.17) is 5.73 Å². The van der Waals surface area contributed by atoms with Gasteiger partial charge in [-0.25, -0.2) is 0 Å². The number of benzene rings is 1. The molecule has 3 N–H and O–H groups in total. The van der Waals surface area contributed by atoms with Crippen molar-refractivity contribution >= 4 is 39.9 Å². The molecule has 0 aromatic heterocycles. The molecule has 1 fully saturated rings. The molecule has 4 nitrogen and oxygen atoms in total. The van der Waals surface area contributed by atoms with E-state index in [9.17, 15) is 4.79 Å². The largest absolute Gasteiger partial charge is 0.330 e. The highest BCUT2D eigenvalue weighted by Crippen LogP contribution is 2.23. The van der Waals surface area contributed by atoms with Crippen molar-refractivity contribution in [3.05, 3.63) is 28.2 Å². The number of anilines is 1. The zero-order chi connectivity index (χ0) is 15.2. The smallest absolute Gasteiger partial charge is 0.238 e. The number of rotatable bonds is 5. The Labute approximate surface area is 147 Å². The molecule has 0 radical (unpaired) electrons. The van der Waals surface area contributed by atoms with Crippen molar-refractivity contribution in [2.75, 3.05) is 31.5 Å². The number of hydrogen-bond donors (Lipinski definition) is 2. The molecule has 22 heavy (non-hydrogen) atoms. The molecule has 0 aliphatic carbocycles. The summed E-state index contributed by atoms with van der Waals surface area (Å²) in [5.74, 6) is 0.690. The summed E-state index contributed by atoms with van der Waals surface area (Å²) in [6.45, 7) is 5.22. The highest BCUT2D eigenvalue weighted by atomic mass is 79.9. The van der Waals surface area contributed by atoms with E-state index in [0.29, 0.717) is 12.5 Å². The van der Waals surface area contributed by atoms with Gasteiger partial charge < -0.3 is 11.1 Å². The second kappa shape index (κ2) is 9.50. The minimum atomic E-state index is 0. The molecule has 1 atom stereocenters. The second-order valence-electron chi connectivity index (χ2n) is 5.85. The van der Waals surface area contributed by atoms with Gasteiger partial charge in [0.25, 0.3) is 0 Å². The number of carbonyl (C=O) groups is 1. The topological polar surface area (TPSA) is 58.4 Å². The fraction of sp³-hybridized carbons (Fsp3) is 0.562. The van der Waals surface area contributed by atoms with Crippen molar-refractivity contribution < 1.29 is 4.79 Å². The lowest BCUT2D eigenvalue weighted by atomic mass is 9.95. The maximum Gasteiger partial charge on any atom is 0.238 e. The first-order valence-corrected chi connectivity index (χ1v) is 8.36. The predicted molar refractivity (Wildman–Crippen MR) is 97.6 cm³/mol. The molecular formula is C16H25BrClN3O. The lowest BCUT2D eigenvalue weighted by Crippen LogP contribution is -2.41. The predicted octanol–water partition coefficient (Wildman–Crippen LogP) is 3.18. The lowest BCUT2D eigenvalue weighted by Gasteiger charge is -2.32. The third kappa shape index (κ3) is 5.88. The van der Waals surface area contributed by atoms with Gasteiger partial charge in [-0.1, -0.05) is 6.07 Å². The molecule has 1 saturated heterocycles. The Morgan fingerprint density at radius 1 is 1.50 bits per heavy atom. The summed E-state index contributed by atoms with van der Waals surface area (Å²) < 4.78 is 0.926. The van der Waals surface area contributed by atoms with Gasteiger partial charge in [-0.15, -0.1) is 12.4 Å². The van der Waals surface area contributed by atoms with Gasteiger partial charge in [-0.05, 0) is 78.8 Å². The molecule has 1 heterocycles. The number of nitrogens with one attached hydrogen (secondary N) is 1. The number of hydrogen-bond acceptors (Lipinski definition) is 3. The molecular weight excluding hydrogens is 366 g/mol. The average molecular weight is 391 g/mol. The number of halogens is 2. The van der Waals surface area contributed by atoms with Crippen LogP contribution in [0.15, 0.2) is 22.7 Å². The van der Waals surface area contributed by atoms with Gasteiger partial charge >= 0.3 is 0 Å². The highest BCUT2D eigenvalue weighted by molar-refractivity contribution is 9.10. The zero-order valence-electron chi connectivity index (χ0n) is 13.0. The molecule has 2 rings (SSSR count). The van der Waals surface area contributed by atoms with Crippen molar-refractivity contribution in [1.29, 1.82) is 0 Å². The quantitative estimate of drug-likeness (QED) is 0.812. The summed E-state index contributed by atoms with van der Waals surface area (Å²) in [6.07, 6.45) is 3.45. The number of aryl methyl sites for hydroxylation is 1. The fourth-order valence-corrected chi connectivity index (χ4v) is 3.47. The Hall–Kier alpha value is -0.620. The summed E-state index contributed by atoms with van der Waals surface area (Å²) in [4.78, 5) is 14.4. The van der Waals surface area contributed by atoms with Gasteiger partial charge in [-0.3, -0.25) is 9.69 Å². The Balaban J connectivity index is 0.00000242. The number of carbonyl (C=O) groups excluding carboxylic acids is 1. The Kier molecular flexibility index (Phi) is 8.39. The molecule has 1 aromatic carbocycles. The number of likely N-dealkylation sites (tertiary alicyclic amines) is 1. The normalized spacial score (nSPS) is 18.6. The van der Waals surface area contributed by atoms with Crippen LogP contribution < -0.4 is 11.1 Å². The van der Waals surface area contributed by atoms with Crippen LogP contribution >= 0.6 is 28.3 Å². The standard InChI is InChI=1S/C16H24BrN3O.ClH/c1-12-4-5-15(14(17)9-12)19-16(21)11-20-8-2-3-13(10-20)6-7-18;/h4-5,9,13H,2-3,6-8,10-11,18H2,1H3,(H,19,21);1H. The molecule has 1 amide bonds. The van der Waals surface area contributed by atoms with Gasteiger partial charge in [0.05, 0.1) is 12.2 Å². The van der Waals surface area contributed by atoms with Gasteiger partial charge in [-0.2, -0.15) is 0 Å². The molecule has 124 valence electrons. The SMILES string of the molecule is Cc1ccc(NC(=O)CN2CCCC(CCN)C2)c(Br)c1.Cl. The minimum Gasteiger partial charge on any atom is -0.330 e. The van der Waals surface area contributed by atoms with E-state index < -0.39 is 0 Å². The molecule has 0 spiro atoms. The monoisotopic (exact) mass is 389 g/mol. The van der Waals surface area contributed by atoms with E-state index in [2.05, 4.69) is 26.1 Å². The number of nitrogens with zero attached hydrogens (tertiary/aromatic N) is 1. The van der Waals surface area contributed by atoms with E-state index in [1.54, 1.807) is 0 Å². The Bertz CT molecular complexity index is 496. The zero-order valence-corrected chi connectivity index (χ0v) is 15.4. The van der Waals surface area contributed by atoms with Crippen LogP contribution in [0.3, 0.4) is 0 Å². The van der Waals surface area contributed by atoms with Gasteiger partial charge in [0, 0.05) is 11.0 Å². The number of nitrogens with two attached hydrogens (primary N) is 1. The van der Waals surface area contributed by atoms with Crippen LogP contribution in [0.4, 0.5) is 5.69 Å². The van der Waals surface area contributed by atoms with Gasteiger partial charge in [0.15, 0.2) is 0 Å². The maximum atomic E-state index is 12.2. The van der Waals surface area contributed by atoms with Crippen molar-refractivity contribution in [1.82, 2.24) is 4.90 Å². The summed E-state index contributed by atoms with van der Waals surface area (Å²) in [5, 5.41) is 2.98. The first kappa shape index (κ1) is 19.4. The van der Waals surface area contributed by atoms with Crippen LogP contribution in [0.25, 0.3) is 0 Å². The summed E-state index contributed by atoms with van der Waals surface area (Å²) in [6, 6.07) is 5.94. The average Bonchev–Trinajstić information content (AvgIpc) is 2.43. The van der Waals surface area contributed by atoms with E-state index >= 15 is 0 Å². The van der Waals surface area contributed by atoms with Crippen LogP contribution in [0, 0.1) is 12.8 Å². The van der Waals surface area contributed by atoms with Crippen LogP contribution in [0.5, 0.6) is 0 Å². The Morgan fingerprint density at radius 3 is 2.95 bits per heavy atom. The van der Waals surface area contributed by atoms with Crippen LogP contribution in [0.2, 0.25) is 0 Å². The van der Waals surface area contributed by atoms with E-state index in [1.165, 1.54) is 12.0 Å². The van der Waals surface area contributed by atoms with Crippen molar-refractivity contribution in [2.45, 2.75) is 26.2 Å². The van der Waals surface area contributed by atoms with Crippen molar-refractivity contribution in [2.24, 2.45) is 11.7 Å². The number of piperidine rings is 1. The van der Waals surface area contributed by atoms with Crippen LogP contribution in [-0.2, 0) is 4.79 Å². The molecule has 1 aliphatic rings. The summed E-state index contributed by atoms with van der Waals surface area (Å²) >= 11 is 3.49. The lowest BCUT2D eigenvalue weighted by molar-refractivity contribution is -0.117. The summed E-state index contributed by atoms with van der Waals surface area (Å²) in [7, 11) is 0. The first-order chi connectivity index (χ1) is 10.1. The number of amides is 1. The molecule has 6 heteroatoms. The first-order valence-electron chi connectivity index (χ1n) is 7.57. The molecule has 1 aliphatic heterocycles. The van der Waals surface area contributed by atoms with Crippen LogP contribution in [0.1, 0.15) is 24.8 Å². The third-order valence-corrected chi connectivity index (χ3v) is 4.60. The Morgan fingerprint density at radius 2 is 2.27 bits per heavy atom. The molecule has 1 aromatic rings. The van der Waals surface area contributed by atoms with E-state index in [-0.39, 0.29) is 18.3 Å². The van der Waals surface area contributed by atoms with Crippen molar-refractivity contribution in [3.63, 3.8) is 0 Å². The molecule has 0 bridgehead atoms. The second-order valence-corrected chi connectivity index (χ2v) is 6.71. The van der Waals surface area contributed by atoms with Crippen molar-refractivity contribution in [3.8, 4) is 0 Å². The highest BCUT2D eigenvalue weighted by Gasteiger charge is 2.21. The molecule has 0 saturated carbocycles. The third-order valence-electron chi connectivity index (χ3n) is 3.94. The van der Waals surface area contributed by atoms with Crippen LogP contribution in [-0.4, -0.2) is 37.0 Å². The summed E-state index contributed by atoms with van der Waals surface area (Å²) in [5.41, 5.74) is 7.64.